The number of H-pyrrole nitrogens is 1. The van der Waals surface area contributed by atoms with Crippen LogP contribution in [-0.4, -0.2) is 58.0 Å². The zero-order chi connectivity index (χ0) is 17.4. The van der Waals surface area contributed by atoms with Gasteiger partial charge in [0.15, 0.2) is 5.69 Å². The summed E-state index contributed by atoms with van der Waals surface area (Å²) in [6.45, 7) is 5.81. The van der Waals surface area contributed by atoms with Crippen LogP contribution in [0.1, 0.15) is 31.5 Å². The van der Waals surface area contributed by atoms with Crippen LogP contribution in [0, 0.1) is 6.92 Å². The Kier molecular flexibility index (Phi) is 4.30. The van der Waals surface area contributed by atoms with Gasteiger partial charge in [0, 0.05) is 60.2 Å². The van der Waals surface area contributed by atoms with E-state index in [0.717, 1.165) is 30.8 Å². The molecule has 4 heterocycles. The topological polar surface area (TPSA) is 81.3 Å². The van der Waals surface area contributed by atoms with Crippen LogP contribution in [0.15, 0.2) is 12.1 Å². The molecule has 4 rings (SSSR count). The van der Waals surface area contributed by atoms with E-state index in [9.17, 15) is 9.59 Å². The molecule has 0 aliphatic carbocycles. The number of aromatic amines is 1. The average Bonchev–Trinajstić information content (AvgIpc) is 3.20. The fourth-order valence-corrected chi connectivity index (χ4v) is 4.35. The van der Waals surface area contributed by atoms with E-state index in [0.29, 0.717) is 25.3 Å². The van der Waals surface area contributed by atoms with Gasteiger partial charge in [-0.2, -0.15) is 5.10 Å². The first-order valence-corrected chi connectivity index (χ1v) is 9.31. The number of rotatable bonds is 3. The van der Waals surface area contributed by atoms with E-state index >= 15 is 0 Å². The summed E-state index contributed by atoms with van der Waals surface area (Å²) in [5.41, 5.74) is 2.50. The zero-order valence-electron chi connectivity index (χ0n) is 14.2. The second-order valence-corrected chi connectivity index (χ2v) is 7.95. The molecule has 132 valence electrons. The Morgan fingerprint density at radius 3 is 2.96 bits per heavy atom. The normalized spacial score (nSPS) is 18.1. The molecule has 8 heteroatoms. The molecule has 0 saturated carbocycles. The minimum atomic E-state index is -0.152. The molecular weight excluding hydrogens is 338 g/mol. The van der Waals surface area contributed by atoms with Crippen LogP contribution >= 0.6 is 11.3 Å². The largest absolute Gasteiger partial charge is 0.353 e. The summed E-state index contributed by atoms with van der Waals surface area (Å²) in [6, 6.07) is 4.31. The van der Waals surface area contributed by atoms with Gasteiger partial charge in [-0.1, -0.05) is 0 Å². The number of nitrogens with one attached hydrogen (secondary N) is 2. The average molecular weight is 359 g/mol. The quantitative estimate of drug-likeness (QED) is 0.854. The molecule has 7 nitrogen and oxygen atoms in total. The smallest absolute Gasteiger partial charge is 0.275 e. The van der Waals surface area contributed by atoms with Crippen LogP contribution in [-0.2, 0) is 24.3 Å². The van der Waals surface area contributed by atoms with E-state index in [1.54, 1.807) is 4.90 Å². The maximum atomic E-state index is 12.8. The third kappa shape index (κ3) is 3.32. The standard InChI is InChI=1S/C17H21N5O2S/c1-11-2-3-12(25-11)8-21-6-4-14-13(9-21)16(20-19-14)17(24)22-7-5-18-15(23)10-22/h2-3H,4-10H2,1H3,(H,18,23)(H,19,20). The molecule has 2 amide bonds. The molecule has 2 N–H and O–H groups in total. The number of carbonyl (C=O) groups excluding carboxylic acids is 2. The molecule has 0 aromatic carbocycles. The van der Waals surface area contributed by atoms with Gasteiger partial charge in [0.1, 0.15) is 0 Å². The van der Waals surface area contributed by atoms with Gasteiger partial charge in [-0.3, -0.25) is 19.6 Å². The summed E-state index contributed by atoms with van der Waals surface area (Å²) in [5, 5.41) is 10.0. The fraction of sp³-hybridized carbons (Fsp3) is 0.471. The van der Waals surface area contributed by atoms with Crippen LogP contribution < -0.4 is 5.32 Å². The Morgan fingerprint density at radius 1 is 1.32 bits per heavy atom. The van der Waals surface area contributed by atoms with Crippen LogP contribution in [0.3, 0.4) is 0 Å². The van der Waals surface area contributed by atoms with Gasteiger partial charge in [-0.05, 0) is 19.1 Å². The highest BCUT2D eigenvalue weighted by atomic mass is 32.1. The predicted molar refractivity (Wildman–Crippen MR) is 94.4 cm³/mol. The first-order chi connectivity index (χ1) is 12.1. The number of thiophene rings is 1. The van der Waals surface area contributed by atoms with Crippen LogP contribution in [0.4, 0.5) is 0 Å². The number of aryl methyl sites for hydroxylation is 1. The van der Waals surface area contributed by atoms with E-state index in [1.807, 2.05) is 11.3 Å². The number of piperazine rings is 1. The summed E-state index contributed by atoms with van der Waals surface area (Å²) in [6.07, 6.45) is 0.862. The summed E-state index contributed by atoms with van der Waals surface area (Å²) < 4.78 is 0. The van der Waals surface area contributed by atoms with Crippen molar-refractivity contribution in [3.63, 3.8) is 0 Å². The summed E-state index contributed by atoms with van der Waals surface area (Å²) in [7, 11) is 0. The minimum Gasteiger partial charge on any atom is -0.353 e. The molecule has 0 radical (unpaired) electrons. The lowest BCUT2D eigenvalue weighted by molar-refractivity contribution is -0.123. The number of fused-ring (bicyclic) bond motifs is 1. The van der Waals surface area contributed by atoms with Crippen molar-refractivity contribution in [2.45, 2.75) is 26.4 Å². The highest BCUT2D eigenvalue weighted by molar-refractivity contribution is 7.11. The van der Waals surface area contributed by atoms with Crippen molar-refractivity contribution < 1.29 is 9.59 Å². The molecule has 1 fully saturated rings. The molecule has 0 bridgehead atoms. The second-order valence-electron chi connectivity index (χ2n) is 6.58. The summed E-state index contributed by atoms with van der Waals surface area (Å²) in [4.78, 5) is 30.9. The Labute approximate surface area is 150 Å². The number of aromatic nitrogens is 2. The van der Waals surface area contributed by atoms with E-state index in [-0.39, 0.29) is 18.4 Å². The van der Waals surface area contributed by atoms with Gasteiger partial charge in [-0.15, -0.1) is 11.3 Å². The number of carbonyl (C=O) groups is 2. The molecule has 0 atom stereocenters. The van der Waals surface area contributed by atoms with Crippen molar-refractivity contribution >= 4 is 23.2 Å². The molecule has 2 aromatic rings. The molecule has 2 aromatic heterocycles. The number of amides is 2. The number of hydrogen-bond acceptors (Lipinski definition) is 5. The molecule has 2 aliphatic heterocycles. The Balaban J connectivity index is 1.50. The lowest BCUT2D eigenvalue weighted by atomic mass is 10.0. The van der Waals surface area contributed by atoms with Crippen LogP contribution in [0.2, 0.25) is 0 Å². The van der Waals surface area contributed by atoms with Crippen LogP contribution in [0.25, 0.3) is 0 Å². The molecule has 2 aliphatic rings. The molecular formula is C17H21N5O2S. The highest BCUT2D eigenvalue weighted by Gasteiger charge is 2.30. The van der Waals surface area contributed by atoms with Gasteiger partial charge in [-0.25, -0.2) is 0 Å². The maximum Gasteiger partial charge on any atom is 0.275 e. The monoisotopic (exact) mass is 359 g/mol. The van der Waals surface area contributed by atoms with Crippen LogP contribution in [0.5, 0.6) is 0 Å². The lowest BCUT2D eigenvalue weighted by Crippen LogP contribution is -2.50. The lowest BCUT2D eigenvalue weighted by Gasteiger charge is -2.28. The van der Waals surface area contributed by atoms with Gasteiger partial charge < -0.3 is 10.2 Å². The molecule has 0 spiro atoms. The van der Waals surface area contributed by atoms with Crippen molar-refractivity contribution in [2.24, 2.45) is 0 Å². The van der Waals surface area contributed by atoms with E-state index in [1.165, 1.54) is 9.75 Å². The molecule has 0 unspecified atom stereocenters. The third-order valence-electron chi connectivity index (χ3n) is 4.72. The van der Waals surface area contributed by atoms with Crippen molar-refractivity contribution in [2.75, 3.05) is 26.2 Å². The van der Waals surface area contributed by atoms with E-state index in [4.69, 9.17) is 0 Å². The van der Waals surface area contributed by atoms with Gasteiger partial charge in [0.2, 0.25) is 5.91 Å². The predicted octanol–water partition coefficient (Wildman–Crippen LogP) is 0.910. The first-order valence-electron chi connectivity index (χ1n) is 8.50. The van der Waals surface area contributed by atoms with Crippen molar-refractivity contribution in [3.8, 4) is 0 Å². The maximum absolute atomic E-state index is 12.8. The summed E-state index contributed by atoms with van der Waals surface area (Å²) >= 11 is 1.81. The van der Waals surface area contributed by atoms with E-state index in [2.05, 4.69) is 39.5 Å². The first kappa shape index (κ1) is 16.3. The highest BCUT2D eigenvalue weighted by Crippen LogP contribution is 2.25. The molecule has 1 saturated heterocycles. The van der Waals surface area contributed by atoms with Crippen molar-refractivity contribution in [3.05, 3.63) is 38.8 Å². The Morgan fingerprint density at radius 2 is 2.20 bits per heavy atom. The Bertz CT molecular complexity index is 812. The Hall–Kier alpha value is -2.19. The van der Waals surface area contributed by atoms with Gasteiger partial charge >= 0.3 is 0 Å². The SMILES string of the molecule is Cc1ccc(CN2CCc3[nH]nc(C(=O)N4CCNC(=O)C4)c3C2)s1. The number of nitrogens with zero attached hydrogens (tertiary/aromatic N) is 3. The second kappa shape index (κ2) is 6.61. The van der Waals surface area contributed by atoms with E-state index < -0.39 is 0 Å². The minimum absolute atomic E-state index is 0.110. The molecule has 25 heavy (non-hydrogen) atoms. The van der Waals surface area contributed by atoms with Crippen molar-refractivity contribution in [1.82, 2.24) is 25.3 Å². The van der Waals surface area contributed by atoms with Gasteiger partial charge in [0.05, 0.1) is 6.54 Å². The third-order valence-corrected chi connectivity index (χ3v) is 5.70. The fourth-order valence-electron chi connectivity index (χ4n) is 3.42. The van der Waals surface area contributed by atoms with Gasteiger partial charge in [0.25, 0.3) is 5.91 Å². The number of hydrogen-bond donors (Lipinski definition) is 2. The summed E-state index contributed by atoms with van der Waals surface area (Å²) in [5.74, 6) is -0.264. The van der Waals surface area contributed by atoms with Crippen molar-refractivity contribution in [1.29, 1.82) is 0 Å². The zero-order valence-corrected chi connectivity index (χ0v) is 15.0.